The SMILES string of the molecule is CC(=O)O[C@@H]1C[C@H]2C(=O)C(=O)[C@]1(C)C2(C)C. The van der Waals surface area contributed by atoms with Crippen LogP contribution in [0.4, 0.5) is 0 Å². The molecule has 0 spiro atoms. The third-order valence-corrected chi connectivity index (χ3v) is 4.62. The van der Waals surface area contributed by atoms with Crippen LogP contribution in [0.15, 0.2) is 0 Å². The highest BCUT2D eigenvalue weighted by molar-refractivity contribution is 6.43. The number of ether oxygens (including phenoxy) is 1. The van der Waals surface area contributed by atoms with Crippen LogP contribution in [0.25, 0.3) is 0 Å². The molecule has 2 saturated carbocycles. The van der Waals surface area contributed by atoms with Gasteiger partial charge in [-0.1, -0.05) is 13.8 Å². The van der Waals surface area contributed by atoms with E-state index in [1.807, 2.05) is 13.8 Å². The summed E-state index contributed by atoms with van der Waals surface area (Å²) in [6.07, 6.45) is 0.0309. The topological polar surface area (TPSA) is 60.4 Å². The number of Topliss-reactive ketones (excluding diaryl/α,β-unsaturated/α-hetero) is 2. The monoisotopic (exact) mass is 224 g/mol. The lowest BCUT2D eigenvalue weighted by molar-refractivity contribution is -0.160. The number of fused-ring (bicyclic) bond motifs is 2. The molecule has 2 aliphatic carbocycles. The normalized spacial score (nSPS) is 40.2. The van der Waals surface area contributed by atoms with Crippen molar-refractivity contribution in [2.24, 2.45) is 16.7 Å². The highest BCUT2D eigenvalue weighted by Gasteiger charge is 2.72. The zero-order chi connectivity index (χ0) is 12.3. The molecule has 2 aliphatic rings. The largest absolute Gasteiger partial charge is 0.461 e. The molecule has 0 saturated heterocycles. The third kappa shape index (κ3) is 1.02. The van der Waals surface area contributed by atoms with E-state index in [4.69, 9.17) is 4.74 Å². The summed E-state index contributed by atoms with van der Waals surface area (Å²) in [7, 11) is 0. The second-order valence-electron chi connectivity index (χ2n) is 5.50. The Morgan fingerprint density at radius 1 is 1.31 bits per heavy atom. The van der Waals surface area contributed by atoms with E-state index in [0.29, 0.717) is 6.42 Å². The smallest absolute Gasteiger partial charge is 0.302 e. The Labute approximate surface area is 94.3 Å². The first-order valence-electron chi connectivity index (χ1n) is 5.48. The molecule has 2 bridgehead atoms. The Hall–Kier alpha value is -1.19. The average Bonchev–Trinajstić information content (AvgIpc) is 2.41. The van der Waals surface area contributed by atoms with Gasteiger partial charge in [0.2, 0.25) is 11.6 Å². The summed E-state index contributed by atoms with van der Waals surface area (Å²) in [6.45, 7) is 6.89. The van der Waals surface area contributed by atoms with Gasteiger partial charge in [0.1, 0.15) is 6.10 Å². The lowest BCUT2D eigenvalue weighted by atomic mass is 9.69. The lowest BCUT2D eigenvalue weighted by Crippen LogP contribution is -2.45. The maximum absolute atomic E-state index is 12.0. The minimum Gasteiger partial charge on any atom is -0.461 e. The fourth-order valence-electron chi connectivity index (χ4n) is 3.18. The molecule has 0 unspecified atom stereocenters. The van der Waals surface area contributed by atoms with Gasteiger partial charge in [-0.3, -0.25) is 14.4 Å². The predicted molar refractivity (Wildman–Crippen MR) is 55.6 cm³/mol. The summed E-state index contributed by atoms with van der Waals surface area (Å²) in [5, 5.41) is 0. The number of hydrogen-bond donors (Lipinski definition) is 0. The zero-order valence-corrected chi connectivity index (χ0v) is 9.99. The van der Waals surface area contributed by atoms with Crippen molar-refractivity contribution in [1.29, 1.82) is 0 Å². The quantitative estimate of drug-likeness (QED) is 0.494. The van der Waals surface area contributed by atoms with Gasteiger partial charge < -0.3 is 4.74 Å². The van der Waals surface area contributed by atoms with E-state index < -0.39 is 22.9 Å². The number of carbonyl (C=O) groups is 3. The Morgan fingerprint density at radius 3 is 2.25 bits per heavy atom. The van der Waals surface area contributed by atoms with Crippen LogP contribution in [-0.4, -0.2) is 23.6 Å². The summed E-state index contributed by atoms with van der Waals surface area (Å²) >= 11 is 0. The Balaban J connectivity index is 2.43. The first-order valence-corrected chi connectivity index (χ1v) is 5.48. The van der Waals surface area contributed by atoms with Crippen LogP contribution >= 0.6 is 0 Å². The first-order chi connectivity index (χ1) is 7.23. The molecule has 0 heterocycles. The molecule has 88 valence electrons. The molecule has 2 rings (SSSR count). The summed E-state index contributed by atoms with van der Waals surface area (Å²) in [6, 6.07) is 0. The molecule has 0 N–H and O–H groups in total. The average molecular weight is 224 g/mol. The zero-order valence-electron chi connectivity index (χ0n) is 9.99. The molecule has 16 heavy (non-hydrogen) atoms. The molecule has 4 heteroatoms. The predicted octanol–water partition coefficient (Wildman–Crippen LogP) is 1.12. The van der Waals surface area contributed by atoms with Crippen LogP contribution in [0.1, 0.15) is 34.1 Å². The number of rotatable bonds is 1. The number of esters is 1. The van der Waals surface area contributed by atoms with Crippen LogP contribution in [0.2, 0.25) is 0 Å². The van der Waals surface area contributed by atoms with Gasteiger partial charge in [-0.25, -0.2) is 0 Å². The van der Waals surface area contributed by atoms with Crippen molar-refractivity contribution in [1.82, 2.24) is 0 Å². The maximum atomic E-state index is 12.0. The van der Waals surface area contributed by atoms with Crippen molar-refractivity contribution in [2.45, 2.75) is 40.2 Å². The van der Waals surface area contributed by atoms with Gasteiger partial charge in [-0.2, -0.15) is 0 Å². The third-order valence-electron chi connectivity index (χ3n) is 4.62. The van der Waals surface area contributed by atoms with Crippen LogP contribution in [0.5, 0.6) is 0 Å². The molecule has 0 aromatic carbocycles. The minimum atomic E-state index is -0.847. The molecular weight excluding hydrogens is 208 g/mol. The molecule has 0 aliphatic heterocycles. The molecular formula is C12H16O4. The van der Waals surface area contributed by atoms with E-state index in [9.17, 15) is 14.4 Å². The molecule has 4 nitrogen and oxygen atoms in total. The van der Waals surface area contributed by atoms with Crippen molar-refractivity contribution in [3.63, 3.8) is 0 Å². The highest BCUT2D eigenvalue weighted by Crippen LogP contribution is 2.62. The van der Waals surface area contributed by atoms with Gasteiger partial charge in [-0.05, 0) is 18.8 Å². The molecule has 0 aromatic rings. The molecule has 2 fully saturated rings. The summed E-state index contributed by atoms with van der Waals surface area (Å²) in [5.41, 5.74) is -1.26. The fourth-order valence-corrected chi connectivity index (χ4v) is 3.18. The number of carbonyl (C=O) groups excluding carboxylic acids is 3. The molecule has 0 aromatic heterocycles. The van der Waals surface area contributed by atoms with Crippen molar-refractivity contribution in [3.05, 3.63) is 0 Å². The summed E-state index contributed by atoms with van der Waals surface area (Å²) in [5.74, 6) is -1.36. The van der Waals surface area contributed by atoms with E-state index in [-0.39, 0.29) is 17.5 Å². The summed E-state index contributed by atoms with van der Waals surface area (Å²) < 4.78 is 5.19. The van der Waals surface area contributed by atoms with Crippen molar-refractivity contribution >= 4 is 17.5 Å². The van der Waals surface area contributed by atoms with E-state index in [2.05, 4.69) is 0 Å². The molecule has 0 amide bonds. The van der Waals surface area contributed by atoms with Crippen LogP contribution in [0.3, 0.4) is 0 Å². The van der Waals surface area contributed by atoms with Crippen LogP contribution in [0, 0.1) is 16.7 Å². The van der Waals surface area contributed by atoms with Gasteiger partial charge >= 0.3 is 5.97 Å². The van der Waals surface area contributed by atoms with Gasteiger partial charge in [0.25, 0.3) is 0 Å². The van der Waals surface area contributed by atoms with Crippen LogP contribution < -0.4 is 0 Å². The Morgan fingerprint density at radius 2 is 1.88 bits per heavy atom. The minimum absolute atomic E-state index is 0.295. The van der Waals surface area contributed by atoms with Crippen molar-refractivity contribution in [2.75, 3.05) is 0 Å². The maximum Gasteiger partial charge on any atom is 0.302 e. The van der Waals surface area contributed by atoms with E-state index in [0.717, 1.165) is 0 Å². The second kappa shape index (κ2) is 2.93. The first kappa shape index (κ1) is 11.3. The standard InChI is InChI=1S/C12H16O4/c1-6(13)16-8-5-7-9(14)10(15)12(8,4)11(7,2)3/h7-8H,5H2,1-4H3/t7-,8+,12+/m0/s1. The Kier molecular flexibility index (Phi) is 2.07. The Bertz CT molecular complexity index is 396. The van der Waals surface area contributed by atoms with E-state index in [1.165, 1.54) is 6.92 Å². The van der Waals surface area contributed by atoms with Gasteiger partial charge in [0.15, 0.2) is 0 Å². The fraction of sp³-hybridized carbons (Fsp3) is 0.750. The highest BCUT2D eigenvalue weighted by atomic mass is 16.5. The van der Waals surface area contributed by atoms with Crippen molar-refractivity contribution < 1.29 is 19.1 Å². The number of ketones is 2. The van der Waals surface area contributed by atoms with Gasteiger partial charge in [-0.15, -0.1) is 0 Å². The number of hydrogen-bond acceptors (Lipinski definition) is 4. The van der Waals surface area contributed by atoms with Crippen LogP contribution in [-0.2, 0) is 19.1 Å². The van der Waals surface area contributed by atoms with E-state index in [1.54, 1.807) is 6.92 Å². The summed E-state index contributed by atoms with van der Waals surface area (Å²) in [4.78, 5) is 34.7. The van der Waals surface area contributed by atoms with E-state index >= 15 is 0 Å². The molecule has 3 atom stereocenters. The lowest BCUT2D eigenvalue weighted by Gasteiger charge is -2.35. The van der Waals surface area contributed by atoms with Gasteiger partial charge in [0, 0.05) is 12.8 Å². The second-order valence-corrected chi connectivity index (χ2v) is 5.50. The van der Waals surface area contributed by atoms with Gasteiger partial charge in [0.05, 0.1) is 5.41 Å². The van der Waals surface area contributed by atoms with Crippen molar-refractivity contribution in [3.8, 4) is 0 Å². The molecule has 0 radical (unpaired) electrons.